The summed E-state index contributed by atoms with van der Waals surface area (Å²) < 4.78 is 0. The zero-order valence-electron chi connectivity index (χ0n) is 11.9. The summed E-state index contributed by atoms with van der Waals surface area (Å²) in [7, 11) is 0. The molecule has 5 nitrogen and oxygen atoms in total. The van der Waals surface area contributed by atoms with Gasteiger partial charge < -0.3 is 15.3 Å². The maximum atomic E-state index is 12.3. The second kappa shape index (κ2) is 5.72. The second-order valence-electron chi connectivity index (χ2n) is 6.50. The summed E-state index contributed by atoms with van der Waals surface area (Å²) in [6, 6.07) is 0.263. The number of aliphatic hydroxyl groups excluding tert-OH is 1. The van der Waals surface area contributed by atoms with Crippen LogP contribution in [0.3, 0.4) is 0 Å². The minimum atomic E-state index is -0.432. The summed E-state index contributed by atoms with van der Waals surface area (Å²) in [6.45, 7) is 0.568. The van der Waals surface area contributed by atoms with Crippen LogP contribution in [0.4, 0.5) is 0 Å². The van der Waals surface area contributed by atoms with Crippen molar-refractivity contribution in [3.05, 3.63) is 0 Å². The van der Waals surface area contributed by atoms with Gasteiger partial charge in [-0.15, -0.1) is 0 Å². The SMILES string of the molecule is O=C(NC1CCCCCC1O)C1CC(=O)N(C2CC2)C1. The molecule has 3 atom stereocenters. The van der Waals surface area contributed by atoms with E-state index >= 15 is 0 Å². The number of nitrogens with one attached hydrogen (secondary N) is 1. The first-order valence-corrected chi connectivity index (χ1v) is 7.93. The molecule has 0 aromatic carbocycles. The van der Waals surface area contributed by atoms with Gasteiger partial charge in [0.1, 0.15) is 0 Å². The first kappa shape index (κ1) is 13.9. The third kappa shape index (κ3) is 2.97. The lowest BCUT2D eigenvalue weighted by molar-refractivity contribution is -0.129. The number of aliphatic hydroxyl groups is 1. The molecule has 1 saturated heterocycles. The molecule has 0 aromatic rings. The third-order valence-electron chi connectivity index (χ3n) is 4.82. The molecule has 1 heterocycles. The molecule has 2 aliphatic carbocycles. The van der Waals surface area contributed by atoms with Crippen molar-refractivity contribution in [1.82, 2.24) is 10.2 Å². The van der Waals surface area contributed by atoms with Crippen molar-refractivity contribution >= 4 is 11.8 Å². The average molecular weight is 280 g/mol. The summed E-state index contributed by atoms with van der Waals surface area (Å²) in [6.07, 6.45) is 6.90. The van der Waals surface area contributed by atoms with Gasteiger partial charge in [0.15, 0.2) is 0 Å². The van der Waals surface area contributed by atoms with Gasteiger partial charge >= 0.3 is 0 Å². The van der Waals surface area contributed by atoms with Crippen LogP contribution in [0.15, 0.2) is 0 Å². The minimum absolute atomic E-state index is 0.0487. The number of rotatable bonds is 3. The van der Waals surface area contributed by atoms with E-state index in [-0.39, 0.29) is 23.8 Å². The lowest BCUT2D eigenvalue weighted by Crippen LogP contribution is -2.45. The second-order valence-corrected chi connectivity index (χ2v) is 6.50. The Morgan fingerprint density at radius 3 is 2.65 bits per heavy atom. The Morgan fingerprint density at radius 1 is 1.15 bits per heavy atom. The van der Waals surface area contributed by atoms with Crippen molar-refractivity contribution in [1.29, 1.82) is 0 Å². The largest absolute Gasteiger partial charge is 0.391 e. The van der Waals surface area contributed by atoms with Crippen LogP contribution in [0.2, 0.25) is 0 Å². The lowest BCUT2D eigenvalue weighted by Gasteiger charge is -2.23. The molecule has 5 heteroatoms. The minimum Gasteiger partial charge on any atom is -0.391 e. The smallest absolute Gasteiger partial charge is 0.225 e. The van der Waals surface area contributed by atoms with E-state index in [1.807, 2.05) is 4.90 Å². The highest BCUT2D eigenvalue weighted by atomic mass is 16.3. The van der Waals surface area contributed by atoms with Crippen LogP contribution in [0.5, 0.6) is 0 Å². The molecule has 3 unspecified atom stereocenters. The Balaban J connectivity index is 1.54. The van der Waals surface area contributed by atoms with Gasteiger partial charge in [-0.25, -0.2) is 0 Å². The van der Waals surface area contributed by atoms with Crippen LogP contribution in [0.25, 0.3) is 0 Å². The predicted molar refractivity (Wildman–Crippen MR) is 73.9 cm³/mol. The maximum Gasteiger partial charge on any atom is 0.225 e. The van der Waals surface area contributed by atoms with E-state index in [0.29, 0.717) is 19.0 Å². The Labute approximate surface area is 119 Å². The number of hydrogen-bond acceptors (Lipinski definition) is 3. The Kier molecular flexibility index (Phi) is 3.96. The summed E-state index contributed by atoms with van der Waals surface area (Å²) in [4.78, 5) is 26.1. The highest BCUT2D eigenvalue weighted by molar-refractivity contribution is 5.89. The molecule has 1 aliphatic heterocycles. The number of hydrogen-bond donors (Lipinski definition) is 2. The van der Waals surface area contributed by atoms with E-state index in [0.717, 1.165) is 44.9 Å². The monoisotopic (exact) mass is 280 g/mol. The summed E-state index contributed by atoms with van der Waals surface area (Å²) >= 11 is 0. The van der Waals surface area contributed by atoms with Crippen LogP contribution < -0.4 is 5.32 Å². The first-order chi connectivity index (χ1) is 9.65. The van der Waals surface area contributed by atoms with Crippen LogP contribution in [-0.4, -0.2) is 46.6 Å². The zero-order valence-corrected chi connectivity index (χ0v) is 11.9. The fraction of sp³-hybridized carbons (Fsp3) is 0.867. The molecule has 3 aliphatic rings. The van der Waals surface area contributed by atoms with Crippen molar-refractivity contribution in [2.24, 2.45) is 5.92 Å². The molecule has 3 fully saturated rings. The maximum absolute atomic E-state index is 12.3. The molecule has 20 heavy (non-hydrogen) atoms. The molecule has 2 amide bonds. The molecule has 112 valence electrons. The van der Waals surface area contributed by atoms with Gasteiger partial charge in [-0.3, -0.25) is 9.59 Å². The fourth-order valence-corrected chi connectivity index (χ4v) is 3.40. The molecular weight excluding hydrogens is 256 g/mol. The molecule has 0 aromatic heterocycles. The molecule has 0 radical (unpaired) electrons. The quantitative estimate of drug-likeness (QED) is 0.752. The van der Waals surface area contributed by atoms with Gasteiger partial charge in [-0.1, -0.05) is 19.3 Å². The molecule has 2 N–H and O–H groups in total. The lowest BCUT2D eigenvalue weighted by atomic mass is 10.0. The van der Waals surface area contributed by atoms with Gasteiger partial charge in [-0.2, -0.15) is 0 Å². The van der Waals surface area contributed by atoms with Crippen molar-refractivity contribution in [2.45, 2.75) is 69.6 Å². The van der Waals surface area contributed by atoms with Gasteiger partial charge in [0.25, 0.3) is 0 Å². The highest BCUT2D eigenvalue weighted by Crippen LogP contribution is 2.32. The third-order valence-corrected chi connectivity index (χ3v) is 4.82. The van der Waals surface area contributed by atoms with Crippen LogP contribution >= 0.6 is 0 Å². The highest BCUT2D eigenvalue weighted by Gasteiger charge is 2.42. The van der Waals surface area contributed by atoms with Crippen molar-refractivity contribution in [2.75, 3.05) is 6.54 Å². The molecule has 0 spiro atoms. The Hall–Kier alpha value is -1.10. The van der Waals surface area contributed by atoms with E-state index in [1.54, 1.807) is 0 Å². The van der Waals surface area contributed by atoms with Crippen LogP contribution in [0, 0.1) is 5.92 Å². The number of carbonyl (C=O) groups excluding carboxylic acids is 2. The number of amides is 2. The Bertz CT molecular complexity index is 395. The van der Waals surface area contributed by atoms with Gasteiger partial charge in [-0.05, 0) is 25.7 Å². The Morgan fingerprint density at radius 2 is 1.90 bits per heavy atom. The van der Waals surface area contributed by atoms with E-state index in [4.69, 9.17) is 0 Å². The zero-order chi connectivity index (χ0) is 14.1. The van der Waals surface area contributed by atoms with E-state index in [2.05, 4.69) is 5.32 Å². The summed E-state index contributed by atoms with van der Waals surface area (Å²) in [5, 5.41) is 13.0. The number of likely N-dealkylation sites (tertiary alicyclic amines) is 1. The molecule has 0 bridgehead atoms. The van der Waals surface area contributed by atoms with E-state index in [9.17, 15) is 14.7 Å². The van der Waals surface area contributed by atoms with Gasteiger partial charge in [0, 0.05) is 19.0 Å². The average Bonchev–Trinajstić information content (AvgIpc) is 3.21. The van der Waals surface area contributed by atoms with Crippen LogP contribution in [0.1, 0.15) is 51.4 Å². The van der Waals surface area contributed by atoms with Crippen molar-refractivity contribution in [3.63, 3.8) is 0 Å². The fourth-order valence-electron chi connectivity index (χ4n) is 3.40. The van der Waals surface area contributed by atoms with E-state index in [1.165, 1.54) is 0 Å². The summed E-state index contributed by atoms with van der Waals surface area (Å²) in [5.41, 5.74) is 0. The number of nitrogens with zero attached hydrogens (tertiary/aromatic N) is 1. The standard InChI is InChI=1S/C15H24N2O3/c18-13-5-3-1-2-4-12(13)16-15(20)10-8-14(19)17(9-10)11-6-7-11/h10-13,18H,1-9H2,(H,16,20). The predicted octanol–water partition coefficient (Wildman–Crippen LogP) is 0.807. The van der Waals surface area contributed by atoms with Crippen molar-refractivity contribution < 1.29 is 14.7 Å². The van der Waals surface area contributed by atoms with Gasteiger partial charge in [0.2, 0.25) is 11.8 Å². The number of carbonyl (C=O) groups is 2. The van der Waals surface area contributed by atoms with Crippen molar-refractivity contribution in [3.8, 4) is 0 Å². The topological polar surface area (TPSA) is 69.6 Å². The van der Waals surface area contributed by atoms with E-state index < -0.39 is 6.10 Å². The summed E-state index contributed by atoms with van der Waals surface area (Å²) in [5.74, 6) is -0.153. The molecule has 2 saturated carbocycles. The van der Waals surface area contributed by atoms with Gasteiger partial charge in [0.05, 0.1) is 18.1 Å². The van der Waals surface area contributed by atoms with Crippen LogP contribution in [-0.2, 0) is 9.59 Å². The first-order valence-electron chi connectivity index (χ1n) is 7.93. The molecular formula is C15H24N2O3. The molecule has 3 rings (SSSR count). The normalized spacial score (nSPS) is 35.0.